The van der Waals surface area contributed by atoms with Crippen LogP contribution < -0.4 is 10.0 Å². The molecule has 0 saturated carbocycles. The van der Waals surface area contributed by atoms with E-state index in [-0.39, 0.29) is 16.6 Å². The highest BCUT2D eigenvalue weighted by Crippen LogP contribution is 2.24. The van der Waals surface area contributed by atoms with E-state index in [4.69, 9.17) is 0 Å². The molecule has 1 heterocycles. The van der Waals surface area contributed by atoms with E-state index in [1.54, 1.807) is 50.2 Å². The second kappa shape index (κ2) is 9.69. The molecule has 0 aliphatic carbocycles. The zero-order valence-electron chi connectivity index (χ0n) is 19.0. The Balaban J connectivity index is 1.45. The first-order chi connectivity index (χ1) is 16.6. The second-order valence-electron chi connectivity index (χ2n) is 8.34. The smallest absolute Gasteiger partial charge is 0.322 e. The molecular weight excluding hydrogens is 468 g/mol. The SMILES string of the molecule is CC(C)[C@@H](NS(=O)(=O)c1ccc(-c2ccc(NC(=O)c3nc4ccccc4[nH]3)cc2)cc1)C(=O)O. The number of carboxylic acid groups (broad SMARTS) is 1. The normalized spacial score (nSPS) is 12.5. The largest absolute Gasteiger partial charge is 0.480 e. The minimum absolute atomic E-state index is 0.0251. The van der Waals surface area contributed by atoms with Crippen LogP contribution in [0.3, 0.4) is 0 Å². The molecule has 0 unspecified atom stereocenters. The van der Waals surface area contributed by atoms with E-state index in [2.05, 4.69) is 20.0 Å². The summed E-state index contributed by atoms with van der Waals surface area (Å²) in [6.07, 6.45) is 0. The van der Waals surface area contributed by atoms with Crippen molar-refractivity contribution in [3.8, 4) is 11.1 Å². The van der Waals surface area contributed by atoms with Gasteiger partial charge in [-0.3, -0.25) is 9.59 Å². The molecule has 4 rings (SSSR count). The van der Waals surface area contributed by atoms with Gasteiger partial charge in [0.2, 0.25) is 10.0 Å². The van der Waals surface area contributed by atoms with Crippen molar-refractivity contribution in [3.05, 3.63) is 78.6 Å². The maximum atomic E-state index is 12.6. The third kappa shape index (κ3) is 5.39. The highest BCUT2D eigenvalue weighted by atomic mass is 32.2. The molecule has 1 atom stereocenters. The number of carbonyl (C=O) groups excluding carboxylic acids is 1. The number of carbonyl (C=O) groups is 2. The van der Waals surface area contributed by atoms with Crippen molar-refractivity contribution in [1.29, 1.82) is 0 Å². The van der Waals surface area contributed by atoms with Crippen LogP contribution in [0.25, 0.3) is 22.2 Å². The number of H-pyrrole nitrogens is 1. The number of nitrogens with one attached hydrogen (secondary N) is 3. The summed E-state index contributed by atoms with van der Waals surface area (Å²) in [6, 6.07) is 19.4. The lowest BCUT2D eigenvalue weighted by Crippen LogP contribution is -2.44. The van der Waals surface area contributed by atoms with Crippen molar-refractivity contribution in [1.82, 2.24) is 14.7 Å². The van der Waals surface area contributed by atoms with E-state index in [1.165, 1.54) is 12.1 Å². The van der Waals surface area contributed by atoms with Gasteiger partial charge >= 0.3 is 5.97 Å². The summed E-state index contributed by atoms with van der Waals surface area (Å²) in [6.45, 7) is 3.26. The molecule has 9 nitrogen and oxygen atoms in total. The summed E-state index contributed by atoms with van der Waals surface area (Å²) in [5, 5.41) is 12.1. The van der Waals surface area contributed by atoms with E-state index in [9.17, 15) is 23.1 Å². The molecule has 0 spiro atoms. The summed E-state index contributed by atoms with van der Waals surface area (Å²) in [4.78, 5) is 31.1. The van der Waals surface area contributed by atoms with Crippen molar-refractivity contribution < 1.29 is 23.1 Å². The lowest BCUT2D eigenvalue weighted by molar-refractivity contribution is -0.140. The van der Waals surface area contributed by atoms with Gasteiger partial charge in [-0.1, -0.05) is 50.2 Å². The van der Waals surface area contributed by atoms with Crippen LogP contribution in [0.15, 0.2) is 77.7 Å². The first-order valence-corrected chi connectivity index (χ1v) is 12.3. The number of anilines is 1. The standard InChI is InChI=1S/C25H24N4O5S/c1-15(2)22(25(31)32)29-35(33,34)19-13-9-17(10-14-19)16-7-11-18(12-8-16)26-24(30)23-27-20-5-3-4-6-21(20)28-23/h3-15,22,29H,1-2H3,(H,26,30)(H,27,28)(H,31,32)/t22-/m1/s1. The van der Waals surface area contributed by atoms with E-state index in [1.807, 2.05) is 24.3 Å². The Labute approximate surface area is 202 Å². The molecule has 0 aliphatic rings. The number of aromatic nitrogens is 2. The Bertz CT molecular complexity index is 1440. The van der Waals surface area contributed by atoms with E-state index < -0.39 is 28.0 Å². The summed E-state index contributed by atoms with van der Waals surface area (Å²) in [5.74, 6) is -1.79. The first-order valence-electron chi connectivity index (χ1n) is 10.9. The van der Waals surface area contributed by atoms with Crippen LogP contribution in [0.5, 0.6) is 0 Å². The molecule has 1 amide bonds. The number of aromatic amines is 1. The van der Waals surface area contributed by atoms with Crippen LogP contribution in [0.2, 0.25) is 0 Å². The van der Waals surface area contributed by atoms with Crippen LogP contribution >= 0.6 is 0 Å². The van der Waals surface area contributed by atoms with Gasteiger partial charge in [0.1, 0.15) is 6.04 Å². The minimum Gasteiger partial charge on any atom is -0.480 e. The predicted octanol–water partition coefficient (Wildman–Crippen LogP) is 3.87. The molecule has 4 N–H and O–H groups in total. The number of carboxylic acids is 1. The molecule has 180 valence electrons. The van der Waals surface area contributed by atoms with Crippen LogP contribution in [0, 0.1) is 5.92 Å². The van der Waals surface area contributed by atoms with Crippen molar-refractivity contribution in [2.75, 3.05) is 5.32 Å². The number of fused-ring (bicyclic) bond motifs is 1. The highest BCUT2D eigenvalue weighted by molar-refractivity contribution is 7.89. The molecule has 35 heavy (non-hydrogen) atoms. The third-order valence-electron chi connectivity index (χ3n) is 5.46. The fourth-order valence-corrected chi connectivity index (χ4v) is 4.87. The number of rotatable bonds is 8. The fourth-order valence-electron chi connectivity index (χ4n) is 3.53. The van der Waals surface area contributed by atoms with Crippen molar-refractivity contribution in [3.63, 3.8) is 0 Å². The second-order valence-corrected chi connectivity index (χ2v) is 10.1. The van der Waals surface area contributed by atoms with Gasteiger partial charge < -0.3 is 15.4 Å². The number of nitrogens with zero attached hydrogens (tertiary/aromatic N) is 1. The maximum Gasteiger partial charge on any atom is 0.322 e. The highest BCUT2D eigenvalue weighted by Gasteiger charge is 2.28. The van der Waals surface area contributed by atoms with Gasteiger partial charge in [-0.2, -0.15) is 4.72 Å². The minimum atomic E-state index is -3.99. The van der Waals surface area contributed by atoms with Crippen molar-refractivity contribution in [2.45, 2.75) is 24.8 Å². The molecule has 0 aliphatic heterocycles. The number of para-hydroxylation sites is 2. The Kier molecular flexibility index (Phi) is 6.68. The van der Waals surface area contributed by atoms with Crippen LogP contribution in [0.4, 0.5) is 5.69 Å². The van der Waals surface area contributed by atoms with Crippen LogP contribution in [0.1, 0.15) is 24.5 Å². The summed E-state index contributed by atoms with van der Waals surface area (Å²) in [5.41, 5.74) is 3.63. The average molecular weight is 493 g/mol. The zero-order chi connectivity index (χ0) is 25.2. The average Bonchev–Trinajstić information content (AvgIpc) is 3.27. The molecule has 0 saturated heterocycles. The maximum absolute atomic E-state index is 12.6. The summed E-state index contributed by atoms with van der Waals surface area (Å²) in [7, 11) is -3.99. The van der Waals surface area contributed by atoms with Crippen molar-refractivity contribution >= 4 is 38.6 Å². The topological polar surface area (TPSA) is 141 Å². The number of hydrogen-bond donors (Lipinski definition) is 4. The third-order valence-corrected chi connectivity index (χ3v) is 6.92. The molecule has 3 aromatic carbocycles. The molecular formula is C25H24N4O5S. The first kappa shape index (κ1) is 24.1. The van der Waals surface area contributed by atoms with E-state index >= 15 is 0 Å². The number of hydrogen-bond acceptors (Lipinski definition) is 5. The predicted molar refractivity (Wildman–Crippen MR) is 133 cm³/mol. The number of sulfonamides is 1. The quantitative estimate of drug-likeness (QED) is 0.294. The Morgan fingerprint density at radius 1 is 0.914 bits per heavy atom. The molecule has 10 heteroatoms. The molecule has 0 bridgehead atoms. The Morgan fingerprint density at radius 2 is 1.51 bits per heavy atom. The molecule has 0 fully saturated rings. The van der Waals surface area contributed by atoms with Gasteiger partial charge in [-0.15, -0.1) is 0 Å². The number of benzene rings is 3. The summed E-state index contributed by atoms with van der Waals surface area (Å²) < 4.78 is 27.4. The van der Waals surface area contributed by atoms with Gasteiger partial charge in [-0.25, -0.2) is 13.4 Å². The summed E-state index contributed by atoms with van der Waals surface area (Å²) >= 11 is 0. The van der Waals surface area contributed by atoms with Gasteiger partial charge in [0, 0.05) is 5.69 Å². The van der Waals surface area contributed by atoms with Crippen molar-refractivity contribution in [2.24, 2.45) is 5.92 Å². The van der Waals surface area contributed by atoms with Crippen LogP contribution in [-0.2, 0) is 14.8 Å². The Morgan fingerprint density at radius 3 is 2.09 bits per heavy atom. The monoisotopic (exact) mass is 492 g/mol. The van der Waals surface area contributed by atoms with Gasteiger partial charge in [0.25, 0.3) is 5.91 Å². The number of imidazole rings is 1. The zero-order valence-corrected chi connectivity index (χ0v) is 19.8. The lowest BCUT2D eigenvalue weighted by Gasteiger charge is -2.18. The molecule has 1 aromatic heterocycles. The fraction of sp³-hybridized carbons (Fsp3) is 0.160. The molecule has 0 radical (unpaired) electrons. The number of aliphatic carboxylic acids is 1. The Hall–Kier alpha value is -4.02. The van der Waals surface area contributed by atoms with Gasteiger partial charge in [0.05, 0.1) is 15.9 Å². The van der Waals surface area contributed by atoms with E-state index in [0.717, 1.165) is 16.6 Å². The van der Waals surface area contributed by atoms with Gasteiger partial charge in [-0.05, 0) is 53.4 Å². The van der Waals surface area contributed by atoms with Gasteiger partial charge in [0.15, 0.2) is 5.82 Å². The number of amides is 1. The van der Waals surface area contributed by atoms with Crippen LogP contribution in [-0.4, -0.2) is 41.4 Å². The molecule has 4 aromatic rings. The lowest BCUT2D eigenvalue weighted by atomic mass is 10.1. The van der Waals surface area contributed by atoms with E-state index in [0.29, 0.717) is 11.2 Å².